The van der Waals surface area contributed by atoms with E-state index in [0.717, 1.165) is 0 Å². The summed E-state index contributed by atoms with van der Waals surface area (Å²) in [5, 5.41) is 0. The average molecular weight is 439 g/mol. The topological polar surface area (TPSA) is 3.88 Å². The molecule has 0 atom stereocenters. The summed E-state index contributed by atoms with van der Waals surface area (Å²) in [5.74, 6) is 0. The second kappa shape index (κ2) is 13.6. The Hall–Kier alpha value is -0.640. The van der Waals surface area contributed by atoms with Gasteiger partial charge in [0.25, 0.3) is 0 Å². The number of nitrogens with zero attached hydrogens (tertiary/aromatic N) is 1. The molecule has 1 aliphatic rings. The summed E-state index contributed by atoms with van der Waals surface area (Å²) in [4.78, 5) is 0. The van der Waals surface area contributed by atoms with Crippen LogP contribution in [0.5, 0.6) is 0 Å². The first-order chi connectivity index (χ1) is 11.3. The molecule has 0 amide bonds. The van der Waals surface area contributed by atoms with Gasteiger partial charge in [-0.05, 0) is 37.7 Å². The minimum absolute atomic E-state index is 0. The highest BCUT2D eigenvalue weighted by atomic mass is 127. The molecule has 0 aliphatic heterocycles. The van der Waals surface area contributed by atoms with E-state index in [0.29, 0.717) is 0 Å². The number of aromatic nitrogens is 1. The fraction of sp³-hybridized carbons (Fsp3) is 0.591. The van der Waals surface area contributed by atoms with Crippen molar-refractivity contribution in [2.45, 2.75) is 77.0 Å². The predicted molar refractivity (Wildman–Crippen MR) is 99.3 cm³/mol. The summed E-state index contributed by atoms with van der Waals surface area (Å²) >= 11 is 0. The minimum Gasteiger partial charge on any atom is -1.00 e. The smallest absolute Gasteiger partial charge is 0.168 e. The second-order valence-corrected chi connectivity index (χ2v) is 7.01. The van der Waals surface area contributed by atoms with E-state index in [-0.39, 0.29) is 24.0 Å². The largest absolute Gasteiger partial charge is 1.00 e. The molecule has 0 spiro atoms. The molecule has 1 aromatic rings. The fourth-order valence-corrected chi connectivity index (χ4v) is 3.29. The van der Waals surface area contributed by atoms with Gasteiger partial charge in [-0.25, -0.2) is 4.57 Å². The zero-order valence-corrected chi connectivity index (χ0v) is 17.5. The lowest BCUT2D eigenvalue weighted by molar-refractivity contribution is -0.671. The number of hydrogen-bond donors (Lipinski definition) is 0. The standard InChI is InChI=1S/C22H34N.HI/c1-23-19-17-22(18-20-23)14-10-8-6-4-2-3-5-7-9-13-21-15-11-12-16-21;/h11-12,15,17-20H,2-10,13-14,16H2,1H3;1H/q+1;/p-1. The number of unbranched alkanes of at least 4 members (excludes halogenated alkanes) is 8. The third-order valence-corrected chi connectivity index (χ3v) is 4.86. The van der Waals surface area contributed by atoms with Gasteiger partial charge in [-0.2, -0.15) is 0 Å². The van der Waals surface area contributed by atoms with Crippen LogP contribution < -0.4 is 28.5 Å². The average Bonchev–Trinajstić information content (AvgIpc) is 3.07. The molecule has 0 radical (unpaired) electrons. The Morgan fingerprint density at radius 2 is 1.33 bits per heavy atom. The highest BCUT2D eigenvalue weighted by Crippen LogP contribution is 2.18. The number of halogens is 1. The summed E-state index contributed by atoms with van der Waals surface area (Å²) in [6.45, 7) is 0. The van der Waals surface area contributed by atoms with Crippen LogP contribution in [0.3, 0.4) is 0 Å². The maximum Gasteiger partial charge on any atom is 0.168 e. The van der Waals surface area contributed by atoms with Gasteiger partial charge in [0.15, 0.2) is 12.4 Å². The van der Waals surface area contributed by atoms with Gasteiger partial charge in [0, 0.05) is 12.1 Å². The van der Waals surface area contributed by atoms with Crippen LogP contribution in [-0.4, -0.2) is 0 Å². The lowest BCUT2D eigenvalue weighted by Crippen LogP contribution is -3.00. The lowest BCUT2D eigenvalue weighted by atomic mass is 10.0. The molecule has 0 fully saturated rings. The molecule has 24 heavy (non-hydrogen) atoms. The molecule has 0 N–H and O–H groups in total. The van der Waals surface area contributed by atoms with Crippen molar-refractivity contribution in [1.29, 1.82) is 0 Å². The van der Waals surface area contributed by atoms with E-state index in [1.54, 1.807) is 5.57 Å². The molecule has 0 unspecified atom stereocenters. The molecule has 134 valence electrons. The van der Waals surface area contributed by atoms with Crippen molar-refractivity contribution < 1.29 is 28.5 Å². The highest BCUT2D eigenvalue weighted by molar-refractivity contribution is 5.22. The summed E-state index contributed by atoms with van der Waals surface area (Å²) in [7, 11) is 2.08. The first-order valence-corrected chi connectivity index (χ1v) is 9.63. The first kappa shape index (κ1) is 21.4. The van der Waals surface area contributed by atoms with Crippen molar-refractivity contribution in [3.05, 3.63) is 53.9 Å². The monoisotopic (exact) mass is 439 g/mol. The molecule has 1 aromatic heterocycles. The van der Waals surface area contributed by atoms with E-state index in [9.17, 15) is 0 Å². The van der Waals surface area contributed by atoms with Crippen molar-refractivity contribution in [2.24, 2.45) is 7.05 Å². The fourth-order valence-electron chi connectivity index (χ4n) is 3.29. The number of rotatable bonds is 12. The number of allylic oxidation sites excluding steroid dienone is 4. The molecule has 2 rings (SSSR count). The van der Waals surface area contributed by atoms with E-state index in [2.05, 4.69) is 54.4 Å². The molecular formula is C22H34IN. The summed E-state index contributed by atoms with van der Waals surface area (Å²) in [6, 6.07) is 4.50. The maximum atomic E-state index is 2.30. The van der Waals surface area contributed by atoms with Crippen molar-refractivity contribution >= 4 is 0 Å². The van der Waals surface area contributed by atoms with Crippen molar-refractivity contribution in [3.63, 3.8) is 0 Å². The third kappa shape index (κ3) is 9.61. The van der Waals surface area contributed by atoms with Crippen molar-refractivity contribution in [3.8, 4) is 0 Å². The summed E-state index contributed by atoms with van der Waals surface area (Å²) in [5.41, 5.74) is 3.12. The zero-order valence-electron chi connectivity index (χ0n) is 15.4. The first-order valence-electron chi connectivity index (χ1n) is 9.63. The Morgan fingerprint density at radius 1 is 0.792 bits per heavy atom. The molecule has 1 aliphatic carbocycles. The van der Waals surface area contributed by atoms with Gasteiger partial charge in [-0.1, -0.05) is 68.7 Å². The van der Waals surface area contributed by atoms with Crippen LogP contribution in [0.15, 0.2) is 48.3 Å². The van der Waals surface area contributed by atoms with E-state index in [1.807, 2.05) is 0 Å². The SMILES string of the molecule is C[n+]1ccc(CCCCCCCCCCCC2=CC=CC2)cc1.[I-]. The Kier molecular flexibility index (Phi) is 12.2. The van der Waals surface area contributed by atoms with Gasteiger partial charge in [0.05, 0.1) is 0 Å². The minimum atomic E-state index is 0. The molecule has 1 nitrogen and oxygen atoms in total. The molecule has 0 aromatic carbocycles. The van der Waals surface area contributed by atoms with Gasteiger partial charge in [0.1, 0.15) is 7.05 Å². The maximum absolute atomic E-state index is 2.30. The van der Waals surface area contributed by atoms with Crippen LogP contribution in [0.2, 0.25) is 0 Å². The van der Waals surface area contributed by atoms with Crippen molar-refractivity contribution in [2.75, 3.05) is 0 Å². The summed E-state index contributed by atoms with van der Waals surface area (Å²) in [6.07, 6.45) is 27.5. The Balaban J connectivity index is 0.00000288. The van der Waals surface area contributed by atoms with E-state index in [1.165, 1.54) is 82.6 Å². The van der Waals surface area contributed by atoms with E-state index < -0.39 is 0 Å². The number of pyridine rings is 1. The van der Waals surface area contributed by atoms with Gasteiger partial charge in [-0.15, -0.1) is 0 Å². The van der Waals surface area contributed by atoms with Crippen LogP contribution in [0.25, 0.3) is 0 Å². The van der Waals surface area contributed by atoms with E-state index in [4.69, 9.17) is 0 Å². The third-order valence-electron chi connectivity index (χ3n) is 4.86. The molecule has 1 heterocycles. The zero-order chi connectivity index (χ0) is 16.2. The van der Waals surface area contributed by atoms with Crippen LogP contribution in [-0.2, 0) is 13.5 Å². The van der Waals surface area contributed by atoms with Crippen LogP contribution in [0.1, 0.15) is 76.2 Å². The number of hydrogen-bond acceptors (Lipinski definition) is 0. The van der Waals surface area contributed by atoms with Crippen LogP contribution in [0.4, 0.5) is 0 Å². The second-order valence-electron chi connectivity index (χ2n) is 7.01. The molecular weight excluding hydrogens is 405 g/mol. The van der Waals surface area contributed by atoms with Crippen LogP contribution in [0, 0.1) is 0 Å². The Labute approximate surface area is 166 Å². The molecule has 0 saturated heterocycles. The summed E-state index contributed by atoms with van der Waals surface area (Å²) < 4.78 is 2.10. The quantitative estimate of drug-likeness (QED) is 0.268. The van der Waals surface area contributed by atoms with E-state index >= 15 is 0 Å². The molecule has 0 saturated carbocycles. The van der Waals surface area contributed by atoms with Crippen molar-refractivity contribution in [1.82, 2.24) is 0 Å². The van der Waals surface area contributed by atoms with Gasteiger partial charge < -0.3 is 24.0 Å². The Bertz CT molecular complexity index is 487. The highest BCUT2D eigenvalue weighted by Gasteiger charge is 1.99. The van der Waals surface area contributed by atoms with Gasteiger partial charge in [-0.3, -0.25) is 0 Å². The molecule has 0 bridgehead atoms. The number of aryl methyl sites for hydroxylation is 2. The predicted octanol–water partition coefficient (Wildman–Crippen LogP) is 2.84. The van der Waals surface area contributed by atoms with Gasteiger partial charge in [0.2, 0.25) is 0 Å². The normalized spacial score (nSPS) is 13.0. The molecule has 2 heteroatoms. The lowest BCUT2D eigenvalue weighted by Gasteiger charge is -2.04. The van der Waals surface area contributed by atoms with Gasteiger partial charge >= 0.3 is 0 Å². The van der Waals surface area contributed by atoms with Crippen LogP contribution >= 0.6 is 0 Å². The Morgan fingerprint density at radius 3 is 1.88 bits per heavy atom.